The molecular formula is C12H14ClN3O2. The molecule has 2 rings (SSSR count). The lowest BCUT2D eigenvalue weighted by atomic mass is 10.1. The van der Waals surface area contributed by atoms with E-state index in [4.69, 9.17) is 11.6 Å². The van der Waals surface area contributed by atoms with Crippen LogP contribution in [0.5, 0.6) is 0 Å². The predicted octanol–water partition coefficient (Wildman–Crippen LogP) is 2.04. The molecule has 0 spiro atoms. The first-order chi connectivity index (χ1) is 8.63. The number of benzene rings is 1. The van der Waals surface area contributed by atoms with Crippen LogP contribution in [0.15, 0.2) is 29.3 Å². The number of methoxy groups -OCH3 is 1. The summed E-state index contributed by atoms with van der Waals surface area (Å²) in [5, 5.41) is 3.27. The topological polar surface area (TPSA) is 53.9 Å². The van der Waals surface area contributed by atoms with Gasteiger partial charge in [0.05, 0.1) is 19.7 Å². The molecule has 0 saturated heterocycles. The van der Waals surface area contributed by atoms with E-state index < -0.39 is 6.09 Å². The molecule has 0 saturated carbocycles. The lowest BCUT2D eigenvalue weighted by Gasteiger charge is -2.23. The van der Waals surface area contributed by atoms with Crippen molar-refractivity contribution in [2.75, 3.05) is 20.7 Å². The van der Waals surface area contributed by atoms with Crippen LogP contribution in [0.25, 0.3) is 0 Å². The van der Waals surface area contributed by atoms with Gasteiger partial charge in [-0.1, -0.05) is 29.8 Å². The number of aliphatic imine (C=N–C) groups is 1. The summed E-state index contributed by atoms with van der Waals surface area (Å²) in [6, 6.07) is 7.65. The first-order valence-electron chi connectivity index (χ1n) is 5.50. The Bertz CT molecular complexity index is 490. The van der Waals surface area contributed by atoms with Crippen LogP contribution < -0.4 is 5.32 Å². The predicted molar refractivity (Wildman–Crippen MR) is 69.8 cm³/mol. The third-order valence-corrected chi connectivity index (χ3v) is 3.22. The van der Waals surface area contributed by atoms with Gasteiger partial charge in [-0.2, -0.15) is 0 Å². The Morgan fingerprint density at radius 2 is 2.28 bits per heavy atom. The number of carbonyl (C=O) groups is 1. The Balaban J connectivity index is 2.13. The van der Waals surface area contributed by atoms with Crippen LogP contribution in [0.1, 0.15) is 11.6 Å². The van der Waals surface area contributed by atoms with Gasteiger partial charge in [0.25, 0.3) is 0 Å². The lowest BCUT2D eigenvalue weighted by molar-refractivity contribution is 0.175. The molecule has 1 heterocycles. The van der Waals surface area contributed by atoms with Gasteiger partial charge in [-0.3, -0.25) is 10.3 Å². The molecule has 1 unspecified atom stereocenters. The summed E-state index contributed by atoms with van der Waals surface area (Å²) in [5.74, 6) is 0.492. The van der Waals surface area contributed by atoms with E-state index in [2.05, 4.69) is 15.0 Å². The van der Waals surface area contributed by atoms with Crippen molar-refractivity contribution in [3.8, 4) is 0 Å². The molecule has 1 aromatic rings. The molecule has 0 aromatic heterocycles. The normalized spacial score (nSPS) is 18.5. The van der Waals surface area contributed by atoms with Crippen LogP contribution in [0.2, 0.25) is 5.02 Å². The highest BCUT2D eigenvalue weighted by atomic mass is 35.5. The molecular weight excluding hydrogens is 254 g/mol. The van der Waals surface area contributed by atoms with Crippen LogP contribution in [0.3, 0.4) is 0 Å². The van der Waals surface area contributed by atoms with Gasteiger partial charge in [0.2, 0.25) is 5.96 Å². The molecule has 6 heteroatoms. The maximum Gasteiger partial charge on any atom is 0.413 e. The molecule has 0 radical (unpaired) electrons. The maximum atomic E-state index is 11.2. The van der Waals surface area contributed by atoms with Crippen molar-refractivity contribution in [1.29, 1.82) is 0 Å². The summed E-state index contributed by atoms with van der Waals surface area (Å²) in [6.45, 7) is 0.555. The van der Waals surface area contributed by atoms with Crippen molar-refractivity contribution < 1.29 is 9.53 Å². The van der Waals surface area contributed by atoms with E-state index >= 15 is 0 Å². The number of likely N-dealkylation sites (N-methyl/N-ethyl adjacent to an activating group) is 1. The zero-order valence-electron chi connectivity index (χ0n) is 10.2. The standard InChI is InChI=1S/C12H14ClN3O2/c1-16-10(8-5-3-4-6-9(8)13)7-14-11(16)15-12(17)18-2/h3-6,10H,7H2,1-2H3,(H,14,15,17). The minimum absolute atomic E-state index is 0.0332. The molecule has 1 aliphatic heterocycles. The summed E-state index contributed by atoms with van der Waals surface area (Å²) in [7, 11) is 3.17. The van der Waals surface area contributed by atoms with Crippen LogP contribution in [-0.2, 0) is 4.74 Å². The monoisotopic (exact) mass is 267 g/mol. The van der Waals surface area contributed by atoms with Crippen molar-refractivity contribution in [3.05, 3.63) is 34.9 Å². The van der Waals surface area contributed by atoms with Crippen molar-refractivity contribution >= 4 is 23.7 Å². The second kappa shape index (κ2) is 5.27. The van der Waals surface area contributed by atoms with Gasteiger partial charge in [0, 0.05) is 12.1 Å². The van der Waals surface area contributed by atoms with E-state index in [1.54, 1.807) is 0 Å². The Morgan fingerprint density at radius 3 is 2.94 bits per heavy atom. The number of carbonyl (C=O) groups excluding carboxylic acids is 1. The number of alkyl carbamates (subject to hydrolysis) is 1. The van der Waals surface area contributed by atoms with Gasteiger partial charge in [-0.05, 0) is 11.6 Å². The van der Waals surface area contributed by atoms with E-state index in [0.717, 1.165) is 5.56 Å². The van der Waals surface area contributed by atoms with E-state index in [1.807, 2.05) is 36.2 Å². The summed E-state index contributed by atoms with van der Waals surface area (Å²) in [6.07, 6.45) is -0.527. The molecule has 1 aliphatic rings. The van der Waals surface area contributed by atoms with Crippen LogP contribution in [0.4, 0.5) is 4.79 Å². The number of rotatable bonds is 1. The third-order valence-electron chi connectivity index (χ3n) is 2.88. The molecule has 0 fully saturated rings. The number of halogens is 1. The van der Waals surface area contributed by atoms with Crippen molar-refractivity contribution in [2.24, 2.45) is 4.99 Å². The molecule has 0 bridgehead atoms. The molecule has 0 aliphatic carbocycles. The second-order valence-electron chi connectivity index (χ2n) is 3.93. The van der Waals surface area contributed by atoms with E-state index in [9.17, 15) is 4.79 Å². The number of hydrogen-bond donors (Lipinski definition) is 1. The molecule has 18 heavy (non-hydrogen) atoms. The van der Waals surface area contributed by atoms with Crippen molar-refractivity contribution in [3.63, 3.8) is 0 Å². The Morgan fingerprint density at radius 1 is 1.56 bits per heavy atom. The fourth-order valence-electron chi connectivity index (χ4n) is 1.88. The molecule has 1 amide bonds. The fourth-order valence-corrected chi connectivity index (χ4v) is 2.14. The summed E-state index contributed by atoms with van der Waals surface area (Å²) < 4.78 is 4.54. The van der Waals surface area contributed by atoms with E-state index in [0.29, 0.717) is 17.5 Å². The Labute approximate surface area is 110 Å². The van der Waals surface area contributed by atoms with Gasteiger partial charge in [0.1, 0.15) is 0 Å². The lowest BCUT2D eigenvalue weighted by Crippen LogP contribution is -2.40. The highest BCUT2D eigenvalue weighted by Crippen LogP contribution is 2.29. The summed E-state index contributed by atoms with van der Waals surface area (Å²) >= 11 is 6.16. The van der Waals surface area contributed by atoms with Gasteiger partial charge < -0.3 is 9.64 Å². The molecule has 5 nitrogen and oxygen atoms in total. The smallest absolute Gasteiger partial charge is 0.413 e. The highest BCUT2D eigenvalue weighted by molar-refractivity contribution is 6.31. The van der Waals surface area contributed by atoms with Crippen molar-refractivity contribution in [1.82, 2.24) is 10.2 Å². The number of nitrogens with one attached hydrogen (secondary N) is 1. The van der Waals surface area contributed by atoms with E-state index in [1.165, 1.54) is 7.11 Å². The van der Waals surface area contributed by atoms with Crippen molar-refractivity contribution in [2.45, 2.75) is 6.04 Å². The largest absolute Gasteiger partial charge is 0.453 e. The maximum absolute atomic E-state index is 11.2. The Kier molecular flexibility index (Phi) is 3.72. The highest BCUT2D eigenvalue weighted by Gasteiger charge is 2.28. The average Bonchev–Trinajstić information content (AvgIpc) is 2.72. The first-order valence-corrected chi connectivity index (χ1v) is 5.88. The number of guanidine groups is 1. The Hall–Kier alpha value is -1.75. The van der Waals surface area contributed by atoms with E-state index in [-0.39, 0.29) is 6.04 Å². The van der Waals surface area contributed by atoms with Gasteiger partial charge in [-0.15, -0.1) is 0 Å². The van der Waals surface area contributed by atoms with Gasteiger partial charge >= 0.3 is 6.09 Å². The molecule has 1 N–H and O–H groups in total. The number of ether oxygens (including phenoxy) is 1. The molecule has 1 atom stereocenters. The fraction of sp³-hybridized carbons (Fsp3) is 0.333. The van der Waals surface area contributed by atoms with Crippen LogP contribution in [0, 0.1) is 0 Å². The zero-order valence-corrected chi connectivity index (χ0v) is 10.9. The second-order valence-corrected chi connectivity index (χ2v) is 4.34. The summed E-state index contributed by atoms with van der Waals surface area (Å²) in [4.78, 5) is 17.3. The van der Waals surface area contributed by atoms with Gasteiger partial charge in [0.15, 0.2) is 0 Å². The number of hydrogen-bond acceptors (Lipinski definition) is 4. The SMILES string of the molecule is COC(=O)NC1=NCC(c2ccccc2Cl)N1C. The minimum atomic E-state index is -0.527. The molecule has 1 aromatic carbocycles. The average molecular weight is 268 g/mol. The number of nitrogens with zero attached hydrogens (tertiary/aromatic N) is 2. The van der Waals surface area contributed by atoms with Gasteiger partial charge in [-0.25, -0.2) is 4.79 Å². The number of amides is 1. The zero-order chi connectivity index (χ0) is 13.1. The summed E-state index contributed by atoms with van der Waals surface area (Å²) in [5.41, 5.74) is 0.993. The quantitative estimate of drug-likeness (QED) is 0.847. The first kappa shape index (κ1) is 12.7. The third kappa shape index (κ3) is 2.41. The van der Waals surface area contributed by atoms with Crippen LogP contribution in [-0.4, -0.2) is 37.7 Å². The molecule has 96 valence electrons. The van der Waals surface area contributed by atoms with Crippen LogP contribution >= 0.6 is 11.6 Å². The minimum Gasteiger partial charge on any atom is -0.453 e.